The van der Waals surface area contributed by atoms with Gasteiger partial charge in [-0.05, 0) is 50.4 Å². The molecule has 7 nitrogen and oxygen atoms in total. The van der Waals surface area contributed by atoms with E-state index in [2.05, 4.69) is 36.0 Å². The summed E-state index contributed by atoms with van der Waals surface area (Å²) >= 11 is 1.19. The molecule has 33 heavy (non-hydrogen) atoms. The predicted molar refractivity (Wildman–Crippen MR) is 131 cm³/mol. The number of primary amides is 1. The first-order valence-electron chi connectivity index (χ1n) is 11.2. The molecule has 2 atom stereocenters. The SMILES string of the molecule is CCc1c(C#N)c(SC(C(N)=O)c2ccccc2)nc(N2CCCC(CN(C)C)C2)c1C#N. The Morgan fingerprint density at radius 3 is 2.55 bits per heavy atom. The first-order chi connectivity index (χ1) is 15.9. The Morgan fingerprint density at radius 2 is 1.97 bits per heavy atom. The number of aromatic nitrogens is 1. The van der Waals surface area contributed by atoms with Gasteiger partial charge in [0.2, 0.25) is 5.91 Å². The topological polar surface area (TPSA) is 110 Å². The number of carbonyl (C=O) groups is 1. The minimum Gasteiger partial charge on any atom is -0.368 e. The van der Waals surface area contributed by atoms with E-state index in [-0.39, 0.29) is 0 Å². The number of anilines is 1. The van der Waals surface area contributed by atoms with Gasteiger partial charge in [0.25, 0.3) is 0 Å². The van der Waals surface area contributed by atoms with Crippen molar-refractivity contribution in [1.82, 2.24) is 9.88 Å². The standard InChI is InChI=1S/C25H30N6OS/c1-4-19-20(13-26)24(31-12-8-9-17(16-31)15-30(2)3)29-25(21(19)14-27)33-22(23(28)32)18-10-6-5-7-11-18/h5-7,10-11,17,22H,4,8-9,12,15-16H2,1-3H3,(H2,28,32). The van der Waals surface area contributed by atoms with Crippen molar-refractivity contribution in [1.29, 1.82) is 10.5 Å². The smallest absolute Gasteiger partial charge is 0.235 e. The molecule has 1 fully saturated rings. The molecule has 1 aliphatic rings. The molecule has 1 saturated heterocycles. The summed E-state index contributed by atoms with van der Waals surface area (Å²) < 4.78 is 0. The molecule has 0 spiro atoms. The Labute approximate surface area is 200 Å². The predicted octanol–water partition coefficient (Wildman–Crippen LogP) is 3.48. The fourth-order valence-electron chi connectivity index (χ4n) is 4.45. The van der Waals surface area contributed by atoms with E-state index < -0.39 is 11.2 Å². The van der Waals surface area contributed by atoms with E-state index in [0.29, 0.717) is 39.9 Å². The van der Waals surface area contributed by atoms with Crippen LogP contribution in [0.1, 0.15) is 47.3 Å². The number of piperidine rings is 1. The zero-order valence-electron chi connectivity index (χ0n) is 19.4. The van der Waals surface area contributed by atoms with Crippen molar-refractivity contribution in [2.75, 3.05) is 38.6 Å². The molecule has 1 aromatic carbocycles. The van der Waals surface area contributed by atoms with Gasteiger partial charge in [0.05, 0.1) is 11.1 Å². The fourth-order valence-corrected chi connectivity index (χ4v) is 5.51. The number of hydrogen-bond acceptors (Lipinski definition) is 7. The second-order valence-electron chi connectivity index (χ2n) is 8.57. The number of nitrogens with zero attached hydrogens (tertiary/aromatic N) is 5. The highest BCUT2D eigenvalue weighted by Gasteiger charge is 2.29. The van der Waals surface area contributed by atoms with E-state index in [4.69, 9.17) is 10.7 Å². The average Bonchev–Trinajstić information content (AvgIpc) is 2.81. The summed E-state index contributed by atoms with van der Waals surface area (Å²) in [5.74, 6) is 0.585. The molecular weight excluding hydrogens is 432 g/mol. The zero-order valence-corrected chi connectivity index (χ0v) is 20.2. The van der Waals surface area contributed by atoms with Gasteiger partial charge in [0.15, 0.2) is 0 Å². The number of hydrogen-bond donors (Lipinski definition) is 1. The molecule has 2 heterocycles. The zero-order chi connectivity index (χ0) is 24.0. The molecule has 0 aliphatic carbocycles. The van der Waals surface area contributed by atoms with Gasteiger partial charge in [-0.2, -0.15) is 10.5 Å². The molecule has 0 saturated carbocycles. The van der Waals surface area contributed by atoms with Crippen LogP contribution in [0.3, 0.4) is 0 Å². The number of nitriles is 2. The van der Waals surface area contributed by atoms with Crippen LogP contribution < -0.4 is 10.6 Å². The Morgan fingerprint density at radius 1 is 1.27 bits per heavy atom. The van der Waals surface area contributed by atoms with Crippen molar-refractivity contribution in [3.05, 3.63) is 52.6 Å². The molecule has 0 radical (unpaired) electrons. The third-order valence-corrected chi connectivity index (χ3v) is 7.12. The van der Waals surface area contributed by atoms with Gasteiger partial charge in [-0.25, -0.2) is 4.98 Å². The van der Waals surface area contributed by atoms with Crippen molar-refractivity contribution in [2.45, 2.75) is 36.5 Å². The van der Waals surface area contributed by atoms with Gasteiger partial charge < -0.3 is 15.5 Å². The van der Waals surface area contributed by atoms with E-state index >= 15 is 0 Å². The van der Waals surface area contributed by atoms with Gasteiger partial charge >= 0.3 is 0 Å². The first kappa shape index (κ1) is 24.6. The molecule has 1 aliphatic heterocycles. The molecule has 0 bridgehead atoms. The molecule has 2 aromatic rings. The van der Waals surface area contributed by atoms with Crippen molar-refractivity contribution < 1.29 is 4.79 Å². The minimum absolute atomic E-state index is 0.354. The van der Waals surface area contributed by atoms with E-state index in [0.717, 1.165) is 38.0 Å². The lowest BCUT2D eigenvalue weighted by Crippen LogP contribution is -2.40. The molecule has 2 N–H and O–H groups in total. The first-order valence-corrected chi connectivity index (χ1v) is 12.0. The maximum Gasteiger partial charge on any atom is 0.235 e. The lowest BCUT2D eigenvalue weighted by Gasteiger charge is -2.35. The number of carbonyl (C=O) groups excluding carboxylic acids is 1. The number of rotatable bonds is 8. The van der Waals surface area contributed by atoms with Crippen LogP contribution in [-0.4, -0.2) is 49.5 Å². The highest BCUT2D eigenvalue weighted by atomic mass is 32.2. The molecule has 8 heteroatoms. The molecule has 3 rings (SSSR count). The summed E-state index contributed by atoms with van der Waals surface area (Å²) in [5.41, 5.74) is 7.99. The maximum atomic E-state index is 12.3. The number of nitrogens with two attached hydrogens (primary N) is 1. The third kappa shape index (κ3) is 5.65. The van der Waals surface area contributed by atoms with Crippen LogP contribution in [0.4, 0.5) is 5.82 Å². The number of amides is 1. The summed E-state index contributed by atoms with van der Waals surface area (Å²) in [6.07, 6.45) is 2.67. The Kier molecular flexibility index (Phi) is 8.32. The molecular formula is C25H30N6OS. The molecule has 172 valence electrons. The van der Waals surface area contributed by atoms with E-state index in [9.17, 15) is 15.3 Å². The maximum absolute atomic E-state index is 12.3. The van der Waals surface area contributed by atoms with Gasteiger partial charge in [-0.3, -0.25) is 4.79 Å². The Balaban J connectivity index is 2.08. The lowest BCUT2D eigenvalue weighted by molar-refractivity contribution is -0.117. The lowest BCUT2D eigenvalue weighted by atomic mass is 9.96. The van der Waals surface area contributed by atoms with Crippen molar-refractivity contribution in [3.8, 4) is 12.1 Å². The van der Waals surface area contributed by atoms with Crippen LogP contribution >= 0.6 is 11.8 Å². The van der Waals surface area contributed by atoms with E-state index in [1.807, 2.05) is 37.3 Å². The van der Waals surface area contributed by atoms with Crippen molar-refractivity contribution >= 4 is 23.5 Å². The van der Waals surface area contributed by atoms with Crippen molar-refractivity contribution in [2.24, 2.45) is 11.7 Å². The van der Waals surface area contributed by atoms with Crippen LogP contribution in [-0.2, 0) is 11.2 Å². The monoisotopic (exact) mass is 462 g/mol. The molecule has 1 amide bonds. The Bertz CT molecular complexity index is 1070. The second kappa shape index (κ2) is 11.2. The van der Waals surface area contributed by atoms with Gasteiger partial charge in [0, 0.05) is 19.6 Å². The molecule has 1 aromatic heterocycles. The largest absolute Gasteiger partial charge is 0.368 e. The minimum atomic E-state index is -0.681. The number of thioether (sulfide) groups is 1. The van der Waals surface area contributed by atoms with Crippen LogP contribution in [0.15, 0.2) is 35.4 Å². The third-order valence-electron chi connectivity index (χ3n) is 5.86. The van der Waals surface area contributed by atoms with Gasteiger partial charge in [-0.15, -0.1) is 0 Å². The van der Waals surface area contributed by atoms with E-state index in [1.54, 1.807) is 0 Å². The quantitative estimate of drug-likeness (QED) is 0.598. The second-order valence-corrected chi connectivity index (χ2v) is 9.67. The normalized spacial score (nSPS) is 16.8. The van der Waals surface area contributed by atoms with Crippen LogP contribution in [0.5, 0.6) is 0 Å². The van der Waals surface area contributed by atoms with Crippen LogP contribution in [0.2, 0.25) is 0 Å². The van der Waals surface area contributed by atoms with Crippen LogP contribution in [0.25, 0.3) is 0 Å². The van der Waals surface area contributed by atoms with Gasteiger partial charge in [0.1, 0.15) is 28.2 Å². The van der Waals surface area contributed by atoms with Crippen LogP contribution in [0, 0.1) is 28.6 Å². The summed E-state index contributed by atoms with van der Waals surface area (Å²) in [6.45, 7) is 4.51. The fraction of sp³-hybridized carbons (Fsp3) is 0.440. The van der Waals surface area contributed by atoms with Gasteiger partial charge in [-0.1, -0.05) is 49.0 Å². The summed E-state index contributed by atoms with van der Waals surface area (Å²) in [6, 6.07) is 13.8. The van der Waals surface area contributed by atoms with Crippen molar-refractivity contribution in [3.63, 3.8) is 0 Å². The molecule has 2 unspecified atom stereocenters. The summed E-state index contributed by atoms with van der Waals surface area (Å²) in [7, 11) is 4.13. The Hall–Kier alpha value is -3.07. The highest BCUT2D eigenvalue weighted by molar-refractivity contribution is 8.00. The summed E-state index contributed by atoms with van der Waals surface area (Å²) in [5, 5.41) is 19.8. The number of benzene rings is 1. The van der Waals surface area contributed by atoms with E-state index in [1.165, 1.54) is 11.8 Å². The summed E-state index contributed by atoms with van der Waals surface area (Å²) in [4.78, 5) is 21.5. The highest BCUT2D eigenvalue weighted by Crippen LogP contribution is 2.40. The average molecular weight is 463 g/mol. The number of pyridine rings is 1.